The predicted octanol–water partition coefficient (Wildman–Crippen LogP) is 2.88. The summed E-state index contributed by atoms with van der Waals surface area (Å²) in [4.78, 5) is 8.86. The second-order valence-electron chi connectivity index (χ2n) is 3.84. The van der Waals surface area contributed by atoms with Gasteiger partial charge in [0.2, 0.25) is 0 Å². The summed E-state index contributed by atoms with van der Waals surface area (Å²) in [5, 5.41) is 0.963. The van der Waals surface area contributed by atoms with Crippen molar-refractivity contribution in [1.82, 2.24) is 9.97 Å². The van der Waals surface area contributed by atoms with Gasteiger partial charge in [-0.25, -0.2) is 9.97 Å². The number of hydrogen-bond acceptors (Lipinski definition) is 3. The van der Waals surface area contributed by atoms with E-state index in [-0.39, 0.29) is 0 Å². The van der Waals surface area contributed by atoms with Crippen LogP contribution in [0.25, 0.3) is 22.3 Å². The summed E-state index contributed by atoms with van der Waals surface area (Å²) in [6.45, 7) is 0. The van der Waals surface area contributed by atoms with Crippen LogP contribution in [-0.4, -0.2) is 9.97 Å². The molecule has 0 spiro atoms. The standard InChI is InChI=1S/C14H11N3/c15-12-8-4-7-11-9-16-14(17-13(11)12)10-5-2-1-3-6-10/h1-9H,15H2. The van der Waals surface area contributed by atoms with Crippen molar-refractivity contribution in [3.8, 4) is 11.4 Å². The summed E-state index contributed by atoms with van der Waals surface area (Å²) in [6, 6.07) is 15.6. The van der Waals surface area contributed by atoms with Crippen LogP contribution < -0.4 is 5.73 Å². The summed E-state index contributed by atoms with van der Waals surface area (Å²) in [5.41, 5.74) is 8.40. The Labute approximate surface area is 98.9 Å². The van der Waals surface area contributed by atoms with Crippen molar-refractivity contribution in [2.45, 2.75) is 0 Å². The van der Waals surface area contributed by atoms with Gasteiger partial charge in [0.05, 0.1) is 11.2 Å². The molecule has 82 valence electrons. The van der Waals surface area contributed by atoms with Crippen LogP contribution in [0.2, 0.25) is 0 Å². The molecule has 1 aromatic heterocycles. The third kappa shape index (κ3) is 1.72. The summed E-state index contributed by atoms with van der Waals surface area (Å²) < 4.78 is 0. The third-order valence-electron chi connectivity index (χ3n) is 2.67. The van der Waals surface area contributed by atoms with Crippen molar-refractivity contribution in [3.05, 3.63) is 54.7 Å². The monoisotopic (exact) mass is 221 g/mol. The van der Waals surface area contributed by atoms with Crippen LogP contribution in [-0.2, 0) is 0 Å². The molecule has 1 heterocycles. The van der Waals surface area contributed by atoms with E-state index in [1.807, 2.05) is 48.5 Å². The molecule has 0 atom stereocenters. The first-order valence-corrected chi connectivity index (χ1v) is 5.41. The van der Waals surface area contributed by atoms with E-state index in [0.29, 0.717) is 11.5 Å². The van der Waals surface area contributed by atoms with Crippen LogP contribution in [0.5, 0.6) is 0 Å². The van der Waals surface area contributed by atoms with Gasteiger partial charge >= 0.3 is 0 Å². The van der Waals surface area contributed by atoms with E-state index < -0.39 is 0 Å². The fourth-order valence-corrected chi connectivity index (χ4v) is 1.81. The molecule has 2 aromatic carbocycles. The lowest BCUT2D eigenvalue weighted by molar-refractivity contribution is 1.23. The Morgan fingerprint density at radius 3 is 2.53 bits per heavy atom. The van der Waals surface area contributed by atoms with Gasteiger partial charge in [0, 0.05) is 17.1 Å². The Morgan fingerprint density at radius 1 is 0.882 bits per heavy atom. The van der Waals surface area contributed by atoms with Crippen molar-refractivity contribution >= 4 is 16.6 Å². The van der Waals surface area contributed by atoms with Crippen LogP contribution >= 0.6 is 0 Å². The molecular formula is C14H11N3. The molecular weight excluding hydrogens is 210 g/mol. The molecule has 2 N–H and O–H groups in total. The fraction of sp³-hybridized carbons (Fsp3) is 0. The smallest absolute Gasteiger partial charge is 0.159 e. The maximum absolute atomic E-state index is 5.91. The molecule has 0 radical (unpaired) electrons. The van der Waals surface area contributed by atoms with Crippen LogP contribution in [0.1, 0.15) is 0 Å². The molecule has 3 heteroatoms. The number of nitrogens with two attached hydrogens (primary N) is 1. The molecule has 3 rings (SSSR count). The third-order valence-corrected chi connectivity index (χ3v) is 2.67. The summed E-state index contributed by atoms with van der Waals surface area (Å²) in [6.07, 6.45) is 1.81. The van der Waals surface area contributed by atoms with Gasteiger partial charge in [0.1, 0.15) is 0 Å². The lowest BCUT2D eigenvalue weighted by Gasteiger charge is -2.03. The van der Waals surface area contributed by atoms with Gasteiger partial charge in [-0.3, -0.25) is 0 Å². The molecule has 0 aliphatic heterocycles. The number of nitrogen functional groups attached to an aromatic ring is 1. The van der Waals surface area contributed by atoms with E-state index in [0.717, 1.165) is 16.5 Å². The minimum atomic E-state index is 0.682. The van der Waals surface area contributed by atoms with Crippen molar-refractivity contribution in [2.24, 2.45) is 0 Å². The number of fused-ring (bicyclic) bond motifs is 1. The van der Waals surface area contributed by atoms with E-state index in [4.69, 9.17) is 5.73 Å². The van der Waals surface area contributed by atoms with Gasteiger partial charge in [0.15, 0.2) is 5.82 Å². The highest BCUT2D eigenvalue weighted by Gasteiger charge is 2.04. The number of aromatic nitrogens is 2. The predicted molar refractivity (Wildman–Crippen MR) is 69.4 cm³/mol. The zero-order valence-corrected chi connectivity index (χ0v) is 9.17. The molecule has 3 aromatic rings. The Kier molecular flexibility index (Phi) is 2.22. The molecule has 0 unspecified atom stereocenters. The molecule has 0 fully saturated rings. The highest BCUT2D eigenvalue weighted by Crippen LogP contribution is 2.21. The fourth-order valence-electron chi connectivity index (χ4n) is 1.81. The quantitative estimate of drug-likeness (QED) is 0.643. The average Bonchev–Trinajstić information content (AvgIpc) is 2.40. The number of para-hydroxylation sites is 1. The van der Waals surface area contributed by atoms with Gasteiger partial charge in [-0.05, 0) is 6.07 Å². The number of benzene rings is 2. The number of nitrogens with zero attached hydrogens (tertiary/aromatic N) is 2. The highest BCUT2D eigenvalue weighted by molar-refractivity contribution is 5.89. The number of rotatable bonds is 1. The summed E-state index contributed by atoms with van der Waals surface area (Å²) in [5.74, 6) is 0.705. The minimum absolute atomic E-state index is 0.682. The molecule has 0 amide bonds. The molecule has 0 saturated carbocycles. The lowest BCUT2D eigenvalue weighted by Crippen LogP contribution is -1.93. The molecule has 3 nitrogen and oxygen atoms in total. The SMILES string of the molecule is Nc1cccc2cnc(-c3ccccc3)nc12. The molecule has 0 bridgehead atoms. The van der Waals surface area contributed by atoms with E-state index in [1.54, 1.807) is 6.20 Å². The largest absolute Gasteiger partial charge is 0.397 e. The van der Waals surface area contributed by atoms with Gasteiger partial charge in [-0.1, -0.05) is 42.5 Å². The van der Waals surface area contributed by atoms with Crippen LogP contribution in [0.3, 0.4) is 0 Å². The Bertz CT molecular complexity index is 663. The van der Waals surface area contributed by atoms with Crippen LogP contribution in [0.4, 0.5) is 5.69 Å². The molecule has 0 saturated heterocycles. The maximum Gasteiger partial charge on any atom is 0.159 e. The zero-order valence-electron chi connectivity index (χ0n) is 9.17. The van der Waals surface area contributed by atoms with Crippen molar-refractivity contribution in [1.29, 1.82) is 0 Å². The first-order chi connectivity index (χ1) is 8.34. The average molecular weight is 221 g/mol. The van der Waals surface area contributed by atoms with Crippen molar-refractivity contribution < 1.29 is 0 Å². The van der Waals surface area contributed by atoms with E-state index >= 15 is 0 Å². The van der Waals surface area contributed by atoms with E-state index in [9.17, 15) is 0 Å². The summed E-state index contributed by atoms with van der Waals surface area (Å²) >= 11 is 0. The van der Waals surface area contributed by atoms with Gasteiger partial charge in [-0.2, -0.15) is 0 Å². The minimum Gasteiger partial charge on any atom is -0.397 e. The molecule has 0 aliphatic carbocycles. The Morgan fingerprint density at radius 2 is 1.71 bits per heavy atom. The zero-order chi connectivity index (χ0) is 11.7. The van der Waals surface area contributed by atoms with Gasteiger partial charge in [0.25, 0.3) is 0 Å². The van der Waals surface area contributed by atoms with Crippen molar-refractivity contribution in [2.75, 3.05) is 5.73 Å². The normalized spacial score (nSPS) is 10.6. The summed E-state index contributed by atoms with van der Waals surface area (Å²) in [7, 11) is 0. The van der Waals surface area contributed by atoms with Gasteiger partial charge in [-0.15, -0.1) is 0 Å². The van der Waals surface area contributed by atoms with Gasteiger partial charge < -0.3 is 5.73 Å². The van der Waals surface area contributed by atoms with E-state index in [1.165, 1.54) is 0 Å². The topological polar surface area (TPSA) is 51.8 Å². The lowest BCUT2D eigenvalue weighted by atomic mass is 10.2. The second kappa shape index (κ2) is 3.87. The first kappa shape index (κ1) is 9.78. The highest BCUT2D eigenvalue weighted by atomic mass is 14.9. The van der Waals surface area contributed by atoms with Crippen LogP contribution in [0.15, 0.2) is 54.7 Å². The van der Waals surface area contributed by atoms with Crippen molar-refractivity contribution in [3.63, 3.8) is 0 Å². The van der Waals surface area contributed by atoms with Crippen LogP contribution in [0, 0.1) is 0 Å². The molecule has 17 heavy (non-hydrogen) atoms. The number of anilines is 1. The van der Waals surface area contributed by atoms with E-state index in [2.05, 4.69) is 9.97 Å². The Hall–Kier alpha value is -2.42. The number of hydrogen-bond donors (Lipinski definition) is 1. The molecule has 0 aliphatic rings. The Balaban J connectivity index is 2.23. The second-order valence-corrected chi connectivity index (χ2v) is 3.84. The first-order valence-electron chi connectivity index (χ1n) is 5.41. The maximum atomic E-state index is 5.91.